The summed E-state index contributed by atoms with van der Waals surface area (Å²) in [5.41, 5.74) is 8.66. The van der Waals surface area contributed by atoms with Gasteiger partial charge in [-0.25, -0.2) is 0 Å². The highest BCUT2D eigenvalue weighted by molar-refractivity contribution is 5.73. The van der Waals surface area contributed by atoms with E-state index < -0.39 is 24.3 Å². The molecule has 1 aliphatic heterocycles. The van der Waals surface area contributed by atoms with E-state index in [1.54, 1.807) is 0 Å². The maximum Gasteiger partial charge on any atom is 0.305 e. The van der Waals surface area contributed by atoms with E-state index in [0.29, 0.717) is 6.42 Å². The van der Waals surface area contributed by atoms with Crippen molar-refractivity contribution in [1.29, 1.82) is 0 Å². The third-order valence-electron chi connectivity index (χ3n) is 3.33. The van der Waals surface area contributed by atoms with Gasteiger partial charge in [0, 0.05) is 18.8 Å². The van der Waals surface area contributed by atoms with Gasteiger partial charge in [-0.1, -0.05) is 19.0 Å². The molecular formula is C12H20N4O4. The average Bonchev–Trinajstić information content (AvgIpc) is 2.36. The molecule has 8 heteroatoms. The zero-order chi connectivity index (χ0) is 15.3. The minimum atomic E-state index is -0.874. The lowest BCUT2D eigenvalue weighted by Gasteiger charge is -2.43. The van der Waals surface area contributed by atoms with Gasteiger partial charge in [0.05, 0.1) is 18.2 Å². The molecule has 1 saturated heterocycles. The second-order valence-corrected chi connectivity index (χ2v) is 4.84. The Labute approximate surface area is 117 Å². The van der Waals surface area contributed by atoms with Crippen molar-refractivity contribution in [3.63, 3.8) is 0 Å². The predicted molar refractivity (Wildman–Crippen MR) is 70.4 cm³/mol. The topological polar surface area (TPSA) is 113 Å². The Morgan fingerprint density at radius 2 is 2.10 bits per heavy atom. The van der Waals surface area contributed by atoms with Crippen LogP contribution in [-0.2, 0) is 19.1 Å². The van der Waals surface area contributed by atoms with Crippen LogP contribution in [0.1, 0.15) is 34.1 Å². The third-order valence-corrected chi connectivity index (χ3v) is 3.33. The standard InChI is InChI=1S/C12H20N4O4/c1-5-9-10(15-16-13)6(2)11(14-7(3)17)12(20-9)19-8(4)18/h6,9-12H,5H2,1-4H3,(H,14,17)/t6-,9?,10-,11?,12?/m0/s1. The van der Waals surface area contributed by atoms with Crippen molar-refractivity contribution in [3.8, 4) is 0 Å². The molecule has 0 aromatic rings. The van der Waals surface area contributed by atoms with Crippen molar-refractivity contribution >= 4 is 11.9 Å². The van der Waals surface area contributed by atoms with Crippen molar-refractivity contribution in [2.24, 2.45) is 11.0 Å². The Kier molecular flexibility index (Phi) is 5.79. The van der Waals surface area contributed by atoms with Gasteiger partial charge < -0.3 is 14.8 Å². The van der Waals surface area contributed by atoms with E-state index in [1.165, 1.54) is 13.8 Å². The van der Waals surface area contributed by atoms with Crippen molar-refractivity contribution in [2.75, 3.05) is 0 Å². The smallest absolute Gasteiger partial charge is 0.305 e. The third kappa shape index (κ3) is 3.85. The number of ether oxygens (including phenoxy) is 2. The lowest BCUT2D eigenvalue weighted by molar-refractivity contribution is -0.222. The molecule has 0 aliphatic carbocycles. The largest absolute Gasteiger partial charge is 0.434 e. The highest BCUT2D eigenvalue weighted by Gasteiger charge is 2.44. The van der Waals surface area contributed by atoms with Crippen LogP contribution in [0.25, 0.3) is 10.4 Å². The quantitative estimate of drug-likeness (QED) is 0.364. The van der Waals surface area contributed by atoms with Gasteiger partial charge >= 0.3 is 5.97 Å². The molecule has 0 saturated carbocycles. The first-order chi connectivity index (χ1) is 9.40. The monoisotopic (exact) mass is 284 g/mol. The van der Waals surface area contributed by atoms with Crippen LogP contribution in [0.3, 0.4) is 0 Å². The average molecular weight is 284 g/mol. The second-order valence-electron chi connectivity index (χ2n) is 4.84. The van der Waals surface area contributed by atoms with Crippen LogP contribution >= 0.6 is 0 Å². The van der Waals surface area contributed by atoms with Crippen LogP contribution in [0.2, 0.25) is 0 Å². The number of nitrogens with one attached hydrogen (secondary N) is 1. The molecule has 5 atom stereocenters. The fraction of sp³-hybridized carbons (Fsp3) is 0.833. The highest BCUT2D eigenvalue weighted by Crippen LogP contribution is 2.30. The van der Waals surface area contributed by atoms with Gasteiger partial charge in [-0.3, -0.25) is 9.59 Å². The molecule has 20 heavy (non-hydrogen) atoms. The zero-order valence-electron chi connectivity index (χ0n) is 12.1. The van der Waals surface area contributed by atoms with Crippen LogP contribution in [0, 0.1) is 5.92 Å². The summed E-state index contributed by atoms with van der Waals surface area (Å²) >= 11 is 0. The fourth-order valence-electron chi connectivity index (χ4n) is 2.41. The molecule has 0 aromatic heterocycles. The molecule has 1 amide bonds. The Morgan fingerprint density at radius 1 is 1.45 bits per heavy atom. The lowest BCUT2D eigenvalue weighted by atomic mass is 9.86. The van der Waals surface area contributed by atoms with E-state index >= 15 is 0 Å². The summed E-state index contributed by atoms with van der Waals surface area (Å²) in [5.74, 6) is -0.968. The van der Waals surface area contributed by atoms with Gasteiger partial charge in [-0.05, 0) is 17.9 Å². The van der Waals surface area contributed by atoms with E-state index in [4.69, 9.17) is 15.0 Å². The predicted octanol–water partition coefficient (Wildman–Crippen LogP) is 1.50. The normalized spacial score (nSPS) is 32.9. The molecule has 1 heterocycles. The Morgan fingerprint density at radius 3 is 2.55 bits per heavy atom. The van der Waals surface area contributed by atoms with E-state index in [1.807, 2.05) is 13.8 Å². The number of azide groups is 1. The molecule has 1 rings (SSSR count). The first kappa shape index (κ1) is 16.3. The van der Waals surface area contributed by atoms with Gasteiger partial charge in [0.2, 0.25) is 12.2 Å². The fourth-order valence-corrected chi connectivity index (χ4v) is 2.41. The van der Waals surface area contributed by atoms with Gasteiger partial charge in [0.15, 0.2) is 0 Å². The number of nitrogens with zero attached hydrogens (tertiary/aromatic N) is 3. The lowest BCUT2D eigenvalue weighted by Crippen LogP contribution is -2.59. The van der Waals surface area contributed by atoms with Crippen LogP contribution in [0.4, 0.5) is 0 Å². The Balaban J connectivity index is 3.02. The maximum atomic E-state index is 11.3. The molecule has 112 valence electrons. The van der Waals surface area contributed by atoms with Crippen LogP contribution < -0.4 is 5.32 Å². The molecule has 0 spiro atoms. The molecule has 0 bridgehead atoms. The minimum Gasteiger partial charge on any atom is -0.434 e. The van der Waals surface area contributed by atoms with Gasteiger partial charge in [0.1, 0.15) is 0 Å². The summed E-state index contributed by atoms with van der Waals surface area (Å²) in [5, 5.41) is 6.45. The van der Waals surface area contributed by atoms with E-state index in [-0.39, 0.29) is 17.9 Å². The minimum absolute atomic E-state index is 0.210. The number of carbonyl (C=O) groups excluding carboxylic acids is 2. The van der Waals surface area contributed by atoms with E-state index in [2.05, 4.69) is 15.3 Å². The number of hydrogen-bond donors (Lipinski definition) is 1. The molecule has 1 N–H and O–H groups in total. The first-order valence-electron chi connectivity index (χ1n) is 6.54. The summed E-state index contributed by atoms with van der Waals surface area (Å²) < 4.78 is 10.8. The Bertz CT molecular complexity index is 420. The molecule has 1 aliphatic rings. The number of hydrogen-bond acceptors (Lipinski definition) is 5. The summed E-state index contributed by atoms with van der Waals surface area (Å²) in [6, 6.07) is -0.969. The molecule has 0 aromatic carbocycles. The molecular weight excluding hydrogens is 264 g/mol. The second kappa shape index (κ2) is 7.12. The van der Waals surface area contributed by atoms with Crippen LogP contribution in [0.5, 0.6) is 0 Å². The number of rotatable bonds is 4. The molecule has 0 radical (unpaired) electrons. The van der Waals surface area contributed by atoms with Gasteiger partial charge in [0.25, 0.3) is 0 Å². The summed E-state index contributed by atoms with van der Waals surface area (Å²) in [6.07, 6.45) is -0.616. The molecule has 3 unspecified atom stereocenters. The van der Waals surface area contributed by atoms with E-state index in [9.17, 15) is 9.59 Å². The number of amides is 1. The van der Waals surface area contributed by atoms with E-state index in [0.717, 1.165) is 0 Å². The zero-order valence-corrected chi connectivity index (χ0v) is 12.1. The molecule has 1 fully saturated rings. The van der Waals surface area contributed by atoms with Crippen molar-refractivity contribution in [2.45, 2.75) is 58.6 Å². The van der Waals surface area contributed by atoms with Gasteiger partial charge in [-0.2, -0.15) is 0 Å². The Hall–Kier alpha value is -1.79. The molecule has 8 nitrogen and oxygen atoms in total. The number of carbonyl (C=O) groups is 2. The highest BCUT2D eigenvalue weighted by atomic mass is 16.7. The summed E-state index contributed by atoms with van der Waals surface area (Å²) in [4.78, 5) is 25.3. The van der Waals surface area contributed by atoms with Crippen molar-refractivity contribution in [1.82, 2.24) is 5.32 Å². The summed E-state index contributed by atoms with van der Waals surface area (Å²) in [7, 11) is 0. The van der Waals surface area contributed by atoms with Gasteiger partial charge in [-0.15, -0.1) is 0 Å². The number of esters is 1. The van der Waals surface area contributed by atoms with Crippen LogP contribution in [-0.4, -0.2) is 36.4 Å². The SMILES string of the molecule is CCC1OC(OC(C)=O)C(NC(C)=O)[C@@H](C)[C@@H]1N=[N+]=[N-]. The first-order valence-corrected chi connectivity index (χ1v) is 6.54. The van der Waals surface area contributed by atoms with Crippen molar-refractivity contribution in [3.05, 3.63) is 10.4 Å². The van der Waals surface area contributed by atoms with Crippen molar-refractivity contribution < 1.29 is 19.1 Å². The van der Waals surface area contributed by atoms with Crippen LogP contribution in [0.15, 0.2) is 5.11 Å². The maximum absolute atomic E-state index is 11.3. The summed E-state index contributed by atoms with van der Waals surface area (Å²) in [6.45, 7) is 6.37.